The SMILES string of the molecule is CCc1cc(NCc2cc(-c3ccccc3)nn2C)nc(C)n1. The van der Waals surface area contributed by atoms with E-state index in [1.807, 2.05) is 42.9 Å². The number of benzene rings is 1. The molecule has 0 aliphatic heterocycles. The maximum absolute atomic E-state index is 4.59. The van der Waals surface area contributed by atoms with Gasteiger partial charge in [0.05, 0.1) is 17.9 Å². The third-order valence-corrected chi connectivity index (χ3v) is 3.75. The van der Waals surface area contributed by atoms with Gasteiger partial charge >= 0.3 is 0 Å². The summed E-state index contributed by atoms with van der Waals surface area (Å²) >= 11 is 0. The number of nitrogens with one attached hydrogen (secondary N) is 1. The highest BCUT2D eigenvalue weighted by molar-refractivity contribution is 5.59. The van der Waals surface area contributed by atoms with Gasteiger partial charge in [-0.15, -0.1) is 0 Å². The maximum atomic E-state index is 4.59. The van der Waals surface area contributed by atoms with Crippen LogP contribution in [0.4, 0.5) is 5.82 Å². The molecule has 23 heavy (non-hydrogen) atoms. The molecule has 118 valence electrons. The summed E-state index contributed by atoms with van der Waals surface area (Å²) in [5.74, 6) is 1.65. The number of anilines is 1. The van der Waals surface area contributed by atoms with Gasteiger partial charge in [0.25, 0.3) is 0 Å². The van der Waals surface area contributed by atoms with Crippen LogP contribution in [0.25, 0.3) is 11.3 Å². The molecule has 1 N–H and O–H groups in total. The summed E-state index contributed by atoms with van der Waals surface area (Å²) in [6.07, 6.45) is 0.905. The van der Waals surface area contributed by atoms with Crippen LogP contribution in [0.3, 0.4) is 0 Å². The number of hydrogen-bond acceptors (Lipinski definition) is 4. The summed E-state index contributed by atoms with van der Waals surface area (Å²) in [7, 11) is 1.96. The Hall–Kier alpha value is -2.69. The molecule has 0 fully saturated rings. The zero-order valence-corrected chi connectivity index (χ0v) is 13.7. The number of aryl methyl sites for hydroxylation is 3. The minimum Gasteiger partial charge on any atom is -0.364 e. The summed E-state index contributed by atoms with van der Waals surface area (Å²) in [6.45, 7) is 4.69. The van der Waals surface area contributed by atoms with E-state index in [4.69, 9.17) is 0 Å². The molecule has 3 aromatic rings. The van der Waals surface area contributed by atoms with E-state index in [0.717, 1.165) is 40.7 Å². The first kappa shape index (κ1) is 15.2. The van der Waals surface area contributed by atoms with E-state index in [9.17, 15) is 0 Å². The van der Waals surface area contributed by atoms with Gasteiger partial charge in [-0.2, -0.15) is 5.10 Å². The van der Waals surface area contributed by atoms with Crippen molar-refractivity contribution in [3.05, 3.63) is 59.7 Å². The van der Waals surface area contributed by atoms with Crippen LogP contribution in [0.1, 0.15) is 24.1 Å². The monoisotopic (exact) mass is 307 g/mol. The molecule has 5 nitrogen and oxygen atoms in total. The van der Waals surface area contributed by atoms with Gasteiger partial charge < -0.3 is 5.32 Å². The lowest BCUT2D eigenvalue weighted by Gasteiger charge is -2.08. The lowest BCUT2D eigenvalue weighted by atomic mass is 10.1. The van der Waals surface area contributed by atoms with Crippen molar-refractivity contribution in [1.29, 1.82) is 0 Å². The summed E-state index contributed by atoms with van der Waals surface area (Å²) in [6, 6.07) is 14.3. The van der Waals surface area contributed by atoms with Crippen LogP contribution in [0.5, 0.6) is 0 Å². The molecule has 1 aromatic carbocycles. The van der Waals surface area contributed by atoms with Crippen molar-refractivity contribution in [3.8, 4) is 11.3 Å². The highest BCUT2D eigenvalue weighted by Gasteiger charge is 2.08. The molecule has 0 radical (unpaired) electrons. The molecule has 0 bridgehead atoms. The molecule has 0 unspecified atom stereocenters. The van der Waals surface area contributed by atoms with E-state index in [-0.39, 0.29) is 0 Å². The van der Waals surface area contributed by atoms with Crippen LogP contribution in [-0.4, -0.2) is 19.7 Å². The van der Waals surface area contributed by atoms with Crippen molar-refractivity contribution in [2.75, 3.05) is 5.32 Å². The Morgan fingerprint density at radius 2 is 1.87 bits per heavy atom. The van der Waals surface area contributed by atoms with Crippen molar-refractivity contribution < 1.29 is 0 Å². The van der Waals surface area contributed by atoms with Gasteiger partial charge in [0.1, 0.15) is 11.6 Å². The lowest BCUT2D eigenvalue weighted by Crippen LogP contribution is -2.08. The lowest BCUT2D eigenvalue weighted by molar-refractivity contribution is 0.721. The fourth-order valence-corrected chi connectivity index (χ4v) is 2.50. The largest absolute Gasteiger partial charge is 0.364 e. The molecule has 0 aliphatic carbocycles. The van der Waals surface area contributed by atoms with E-state index in [2.05, 4.69) is 45.5 Å². The molecule has 0 saturated heterocycles. The van der Waals surface area contributed by atoms with Gasteiger partial charge in [0, 0.05) is 24.4 Å². The second-order valence-corrected chi connectivity index (χ2v) is 5.51. The predicted octanol–water partition coefficient (Wildman–Crippen LogP) is 3.36. The first-order valence-electron chi connectivity index (χ1n) is 7.82. The summed E-state index contributed by atoms with van der Waals surface area (Å²) in [4.78, 5) is 8.84. The Bertz CT molecular complexity index is 792. The summed E-state index contributed by atoms with van der Waals surface area (Å²) < 4.78 is 1.91. The van der Waals surface area contributed by atoms with Crippen LogP contribution in [-0.2, 0) is 20.0 Å². The second kappa shape index (κ2) is 6.60. The Kier molecular flexibility index (Phi) is 4.37. The fourth-order valence-electron chi connectivity index (χ4n) is 2.50. The molecule has 0 atom stereocenters. The van der Waals surface area contributed by atoms with Gasteiger partial charge in [0.2, 0.25) is 0 Å². The highest BCUT2D eigenvalue weighted by atomic mass is 15.3. The first-order valence-corrected chi connectivity index (χ1v) is 7.82. The van der Waals surface area contributed by atoms with Crippen LogP contribution >= 0.6 is 0 Å². The number of rotatable bonds is 5. The molecule has 5 heteroatoms. The number of nitrogens with zero attached hydrogens (tertiary/aromatic N) is 4. The Balaban J connectivity index is 1.76. The Morgan fingerprint density at radius 1 is 1.09 bits per heavy atom. The van der Waals surface area contributed by atoms with Crippen molar-refractivity contribution in [1.82, 2.24) is 19.7 Å². The zero-order valence-electron chi connectivity index (χ0n) is 13.7. The van der Waals surface area contributed by atoms with Crippen LogP contribution < -0.4 is 5.32 Å². The van der Waals surface area contributed by atoms with E-state index in [1.54, 1.807) is 0 Å². The first-order chi connectivity index (χ1) is 11.2. The number of hydrogen-bond donors (Lipinski definition) is 1. The van der Waals surface area contributed by atoms with Crippen molar-refractivity contribution >= 4 is 5.82 Å². The molecule has 0 amide bonds. The molecule has 0 spiro atoms. The summed E-state index contributed by atoms with van der Waals surface area (Å²) in [5.41, 5.74) is 4.27. The van der Waals surface area contributed by atoms with Crippen molar-refractivity contribution in [2.24, 2.45) is 7.05 Å². The second-order valence-electron chi connectivity index (χ2n) is 5.51. The van der Waals surface area contributed by atoms with Crippen LogP contribution in [0.15, 0.2) is 42.5 Å². The Labute approximate surface area is 136 Å². The predicted molar refractivity (Wildman–Crippen MR) is 92.1 cm³/mol. The third-order valence-electron chi connectivity index (χ3n) is 3.75. The average Bonchev–Trinajstić information content (AvgIpc) is 2.94. The maximum Gasteiger partial charge on any atom is 0.130 e. The zero-order chi connectivity index (χ0) is 16.2. The van der Waals surface area contributed by atoms with Gasteiger partial charge in [0.15, 0.2) is 0 Å². The molecular formula is C18H21N5. The minimum absolute atomic E-state index is 0.677. The number of aromatic nitrogens is 4. The van der Waals surface area contributed by atoms with E-state index in [1.165, 1.54) is 0 Å². The van der Waals surface area contributed by atoms with Gasteiger partial charge in [-0.05, 0) is 19.4 Å². The van der Waals surface area contributed by atoms with Gasteiger partial charge in [-0.25, -0.2) is 9.97 Å². The minimum atomic E-state index is 0.677. The van der Waals surface area contributed by atoms with E-state index in [0.29, 0.717) is 6.54 Å². The third kappa shape index (κ3) is 3.56. The van der Waals surface area contributed by atoms with Gasteiger partial charge in [-0.3, -0.25) is 4.68 Å². The Morgan fingerprint density at radius 3 is 2.61 bits per heavy atom. The normalized spacial score (nSPS) is 10.7. The quantitative estimate of drug-likeness (QED) is 0.785. The fraction of sp³-hybridized carbons (Fsp3) is 0.278. The molecule has 2 heterocycles. The van der Waals surface area contributed by atoms with Crippen LogP contribution in [0, 0.1) is 6.92 Å². The van der Waals surface area contributed by atoms with Crippen molar-refractivity contribution in [3.63, 3.8) is 0 Å². The van der Waals surface area contributed by atoms with E-state index < -0.39 is 0 Å². The highest BCUT2D eigenvalue weighted by Crippen LogP contribution is 2.19. The topological polar surface area (TPSA) is 55.6 Å². The van der Waals surface area contributed by atoms with Crippen molar-refractivity contribution in [2.45, 2.75) is 26.8 Å². The molecule has 0 aliphatic rings. The standard InChI is InChI=1S/C18H21N5/c1-4-15-10-18(21-13(2)20-15)19-12-16-11-17(22-23(16)3)14-8-6-5-7-9-14/h5-11H,4,12H2,1-3H3,(H,19,20,21). The van der Waals surface area contributed by atoms with E-state index >= 15 is 0 Å². The molecule has 0 saturated carbocycles. The van der Waals surface area contributed by atoms with Crippen LogP contribution in [0.2, 0.25) is 0 Å². The molecule has 2 aromatic heterocycles. The molecular weight excluding hydrogens is 286 g/mol. The van der Waals surface area contributed by atoms with Gasteiger partial charge in [-0.1, -0.05) is 37.3 Å². The smallest absolute Gasteiger partial charge is 0.130 e. The molecule has 3 rings (SSSR count). The average molecular weight is 307 g/mol. The summed E-state index contributed by atoms with van der Waals surface area (Å²) in [5, 5.41) is 7.96.